The molecular weight excluding hydrogens is 302 g/mol. The predicted octanol–water partition coefficient (Wildman–Crippen LogP) is 3.78. The van der Waals surface area contributed by atoms with Gasteiger partial charge in [-0.2, -0.15) is 10.4 Å². The predicted molar refractivity (Wildman–Crippen MR) is 70.5 cm³/mol. The molecule has 0 fully saturated rings. The third-order valence-corrected chi connectivity index (χ3v) is 3.35. The number of hydrogen-bond donors (Lipinski definition) is 0. The Kier molecular flexibility index (Phi) is 3.23. The van der Waals surface area contributed by atoms with Gasteiger partial charge in [-0.3, -0.25) is 0 Å². The molecule has 0 N–H and O–H groups in total. The Labute approximate surface area is 113 Å². The maximum absolute atomic E-state index is 8.98. The van der Waals surface area contributed by atoms with E-state index in [-0.39, 0.29) is 0 Å². The third kappa shape index (κ3) is 2.08. The first-order valence-corrected chi connectivity index (χ1v) is 6.13. The van der Waals surface area contributed by atoms with Crippen LogP contribution in [-0.4, -0.2) is 9.78 Å². The lowest BCUT2D eigenvalue weighted by Crippen LogP contribution is -1.99. The summed E-state index contributed by atoms with van der Waals surface area (Å²) in [6.07, 6.45) is 0. The van der Waals surface area contributed by atoms with Gasteiger partial charge < -0.3 is 0 Å². The summed E-state index contributed by atoms with van der Waals surface area (Å²) in [6, 6.07) is 7.87. The lowest BCUT2D eigenvalue weighted by molar-refractivity contribution is 0.856. The van der Waals surface area contributed by atoms with Gasteiger partial charge in [-0.05, 0) is 37.6 Å². The fourth-order valence-electron chi connectivity index (χ4n) is 1.64. The van der Waals surface area contributed by atoms with Crippen molar-refractivity contribution < 1.29 is 0 Å². The van der Waals surface area contributed by atoms with Crippen LogP contribution in [0.1, 0.15) is 16.8 Å². The van der Waals surface area contributed by atoms with Crippen LogP contribution in [0.4, 0.5) is 0 Å². The van der Waals surface area contributed by atoms with Crippen LogP contribution in [0.5, 0.6) is 0 Å². The van der Waals surface area contributed by atoms with E-state index < -0.39 is 0 Å². The number of hydrogen-bond acceptors (Lipinski definition) is 2. The molecule has 1 aromatic heterocycles. The zero-order chi connectivity index (χ0) is 12.6. The second-order valence-electron chi connectivity index (χ2n) is 3.71. The van der Waals surface area contributed by atoms with E-state index in [1.165, 1.54) is 0 Å². The standard InChI is InChI=1S/C12H9BrClN3/c1-7-5-9(13)3-4-11(7)17-12(14)10(6-15)8(2)16-17/h3-5H,1-2H3. The lowest BCUT2D eigenvalue weighted by atomic mass is 10.2. The van der Waals surface area contributed by atoms with Crippen molar-refractivity contribution in [3.05, 3.63) is 44.6 Å². The smallest absolute Gasteiger partial charge is 0.150 e. The van der Waals surface area contributed by atoms with Gasteiger partial charge in [-0.15, -0.1) is 0 Å². The van der Waals surface area contributed by atoms with Crippen molar-refractivity contribution in [2.24, 2.45) is 0 Å². The van der Waals surface area contributed by atoms with Crippen LogP contribution >= 0.6 is 27.5 Å². The van der Waals surface area contributed by atoms with Gasteiger partial charge in [-0.25, -0.2) is 4.68 Å². The van der Waals surface area contributed by atoms with Crippen molar-refractivity contribution in [3.63, 3.8) is 0 Å². The molecule has 1 aromatic carbocycles. The topological polar surface area (TPSA) is 41.6 Å². The van der Waals surface area contributed by atoms with E-state index in [9.17, 15) is 0 Å². The molecule has 86 valence electrons. The monoisotopic (exact) mass is 309 g/mol. The fourth-order valence-corrected chi connectivity index (χ4v) is 2.43. The van der Waals surface area contributed by atoms with E-state index in [1.54, 1.807) is 11.6 Å². The van der Waals surface area contributed by atoms with Crippen LogP contribution in [0.3, 0.4) is 0 Å². The van der Waals surface area contributed by atoms with E-state index in [0.717, 1.165) is 15.7 Å². The zero-order valence-corrected chi connectivity index (χ0v) is 11.7. The molecule has 0 unspecified atom stereocenters. The van der Waals surface area contributed by atoms with Crippen LogP contribution in [0.2, 0.25) is 5.15 Å². The highest BCUT2D eigenvalue weighted by Gasteiger charge is 2.15. The SMILES string of the molecule is Cc1cc(Br)ccc1-n1nc(C)c(C#N)c1Cl. The van der Waals surface area contributed by atoms with Gasteiger partial charge in [0.2, 0.25) is 0 Å². The molecule has 0 saturated heterocycles. The summed E-state index contributed by atoms with van der Waals surface area (Å²) in [5, 5.41) is 13.6. The molecule has 0 amide bonds. The number of halogens is 2. The normalized spacial score (nSPS) is 10.3. The Morgan fingerprint density at radius 2 is 2.12 bits per heavy atom. The van der Waals surface area contributed by atoms with Gasteiger partial charge in [0.25, 0.3) is 0 Å². The van der Waals surface area contributed by atoms with Crippen LogP contribution < -0.4 is 0 Å². The number of nitriles is 1. The summed E-state index contributed by atoms with van der Waals surface area (Å²) in [5.74, 6) is 0. The molecule has 0 spiro atoms. The molecule has 0 aliphatic rings. The number of benzene rings is 1. The number of nitrogens with zero attached hydrogens (tertiary/aromatic N) is 3. The van der Waals surface area contributed by atoms with Gasteiger partial charge in [0.1, 0.15) is 11.6 Å². The lowest BCUT2D eigenvalue weighted by Gasteiger charge is -2.07. The molecule has 0 saturated carbocycles. The Balaban J connectivity index is 2.66. The minimum absolute atomic E-state index is 0.357. The van der Waals surface area contributed by atoms with Crippen molar-refractivity contribution in [2.75, 3.05) is 0 Å². The first-order valence-electron chi connectivity index (χ1n) is 4.96. The van der Waals surface area contributed by atoms with E-state index in [1.807, 2.05) is 25.1 Å². The minimum atomic E-state index is 0.357. The molecule has 17 heavy (non-hydrogen) atoms. The highest BCUT2D eigenvalue weighted by molar-refractivity contribution is 9.10. The molecule has 0 bridgehead atoms. The Bertz CT molecular complexity index is 625. The van der Waals surface area contributed by atoms with Crippen molar-refractivity contribution >= 4 is 27.5 Å². The summed E-state index contributed by atoms with van der Waals surface area (Å²) >= 11 is 9.55. The van der Waals surface area contributed by atoms with Crippen molar-refractivity contribution in [3.8, 4) is 11.8 Å². The fraction of sp³-hybridized carbons (Fsp3) is 0.167. The quantitative estimate of drug-likeness (QED) is 0.804. The Morgan fingerprint density at radius 1 is 1.41 bits per heavy atom. The third-order valence-electron chi connectivity index (χ3n) is 2.50. The summed E-state index contributed by atoms with van der Waals surface area (Å²) in [6.45, 7) is 3.74. The number of aryl methyl sites for hydroxylation is 2. The summed E-state index contributed by atoms with van der Waals surface area (Å²) in [7, 11) is 0. The van der Waals surface area contributed by atoms with Crippen molar-refractivity contribution in [1.82, 2.24) is 9.78 Å². The largest absolute Gasteiger partial charge is 0.220 e. The van der Waals surface area contributed by atoms with Crippen LogP contribution in [0.25, 0.3) is 5.69 Å². The van der Waals surface area contributed by atoms with Crippen LogP contribution in [-0.2, 0) is 0 Å². The van der Waals surface area contributed by atoms with Crippen molar-refractivity contribution in [1.29, 1.82) is 5.26 Å². The molecule has 0 atom stereocenters. The average molecular weight is 311 g/mol. The molecule has 0 aliphatic heterocycles. The molecule has 3 nitrogen and oxygen atoms in total. The molecule has 2 rings (SSSR count). The maximum atomic E-state index is 8.98. The van der Waals surface area contributed by atoms with Crippen molar-refractivity contribution in [2.45, 2.75) is 13.8 Å². The van der Waals surface area contributed by atoms with E-state index in [2.05, 4.69) is 27.1 Å². The molecule has 5 heteroatoms. The van der Waals surface area contributed by atoms with Gasteiger partial charge in [0.15, 0.2) is 5.15 Å². The van der Waals surface area contributed by atoms with Gasteiger partial charge in [0.05, 0.1) is 11.4 Å². The van der Waals surface area contributed by atoms with Crippen LogP contribution in [0.15, 0.2) is 22.7 Å². The summed E-state index contributed by atoms with van der Waals surface area (Å²) in [5.41, 5.74) is 2.98. The number of rotatable bonds is 1. The second-order valence-corrected chi connectivity index (χ2v) is 4.98. The first-order chi connectivity index (χ1) is 8.04. The summed E-state index contributed by atoms with van der Waals surface area (Å²) in [4.78, 5) is 0. The molecular formula is C12H9BrClN3. The van der Waals surface area contributed by atoms with Gasteiger partial charge >= 0.3 is 0 Å². The van der Waals surface area contributed by atoms with E-state index in [4.69, 9.17) is 16.9 Å². The van der Waals surface area contributed by atoms with Crippen LogP contribution in [0, 0.1) is 25.2 Å². The zero-order valence-electron chi connectivity index (χ0n) is 9.33. The van der Waals surface area contributed by atoms with Gasteiger partial charge in [-0.1, -0.05) is 27.5 Å². The maximum Gasteiger partial charge on any atom is 0.150 e. The highest BCUT2D eigenvalue weighted by atomic mass is 79.9. The van der Waals surface area contributed by atoms with Gasteiger partial charge in [0, 0.05) is 4.47 Å². The molecule has 2 aromatic rings. The molecule has 0 radical (unpaired) electrons. The Morgan fingerprint density at radius 3 is 2.65 bits per heavy atom. The second kappa shape index (κ2) is 4.52. The van der Waals surface area contributed by atoms with E-state index >= 15 is 0 Å². The first kappa shape index (κ1) is 12.2. The number of aromatic nitrogens is 2. The summed E-state index contributed by atoms with van der Waals surface area (Å²) < 4.78 is 2.59. The highest BCUT2D eigenvalue weighted by Crippen LogP contribution is 2.26. The molecule has 1 heterocycles. The van der Waals surface area contributed by atoms with E-state index in [0.29, 0.717) is 16.4 Å². The Hall–Kier alpha value is -1.31. The minimum Gasteiger partial charge on any atom is -0.220 e. The average Bonchev–Trinajstić information content (AvgIpc) is 2.54. The molecule has 0 aliphatic carbocycles.